The van der Waals surface area contributed by atoms with E-state index in [1.807, 2.05) is 0 Å². The number of sulfone groups is 1. The van der Waals surface area contributed by atoms with Crippen molar-refractivity contribution in [3.05, 3.63) is 34.5 Å². The summed E-state index contributed by atoms with van der Waals surface area (Å²) in [6.45, 7) is 7.48. The second-order valence-electron chi connectivity index (χ2n) is 4.28. The van der Waals surface area contributed by atoms with Crippen molar-refractivity contribution in [1.29, 1.82) is 0 Å². The summed E-state index contributed by atoms with van der Waals surface area (Å²) in [5.74, 6) is 0. The van der Waals surface area contributed by atoms with Crippen molar-refractivity contribution >= 4 is 21.4 Å². The number of nitrogens with zero attached hydrogens (tertiary/aromatic N) is 1. The highest BCUT2D eigenvalue weighted by Gasteiger charge is 2.19. The Labute approximate surface area is 114 Å². The lowest BCUT2D eigenvalue weighted by Crippen LogP contribution is -2.05. The smallest absolute Gasteiger partial charge is 0.203 e. The van der Waals surface area contributed by atoms with E-state index in [0.717, 1.165) is 19.3 Å². The van der Waals surface area contributed by atoms with Gasteiger partial charge in [0, 0.05) is 11.1 Å². The average molecular weight is 288 g/mol. The van der Waals surface area contributed by atoms with Crippen LogP contribution in [0.3, 0.4) is 0 Å². The van der Waals surface area contributed by atoms with Gasteiger partial charge in [0.2, 0.25) is 9.84 Å². The van der Waals surface area contributed by atoms with Crippen molar-refractivity contribution in [2.75, 3.05) is 0 Å². The normalized spacial score (nSPS) is 11.5. The number of aryl methyl sites for hydroxylation is 1. The number of hydrogen-bond acceptors (Lipinski definition) is 3. The SMILES string of the molecule is C=C(CCCCC)S(=O)(=O)c1cnc(Cl)c(C)c1. The van der Waals surface area contributed by atoms with Gasteiger partial charge in [0.1, 0.15) is 5.15 Å². The van der Waals surface area contributed by atoms with E-state index in [1.165, 1.54) is 12.3 Å². The fraction of sp³-hybridized carbons (Fsp3) is 0.462. The van der Waals surface area contributed by atoms with Crippen molar-refractivity contribution in [1.82, 2.24) is 4.98 Å². The fourth-order valence-corrected chi connectivity index (χ4v) is 2.93. The van der Waals surface area contributed by atoms with Gasteiger partial charge in [-0.3, -0.25) is 0 Å². The highest BCUT2D eigenvalue weighted by Crippen LogP contribution is 2.24. The van der Waals surface area contributed by atoms with Gasteiger partial charge in [0.15, 0.2) is 0 Å². The molecule has 1 heterocycles. The second-order valence-corrected chi connectivity index (χ2v) is 6.69. The standard InChI is InChI=1S/C13H18ClNO2S/c1-4-5-6-7-11(3)18(16,17)12-8-10(2)13(14)15-9-12/h8-9H,3-7H2,1-2H3. The van der Waals surface area contributed by atoms with Gasteiger partial charge in [-0.2, -0.15) is 0 Å². The minimum absolute atomic E-state index is 0.172. The first-order valence-electron chi connectivity index (χ1n) is 5.94. The summed E-state index contributed by atoms with van der Waals surface area (Å²) in [4.78, 5) is 4.29. The molecule has 100 valence electrons. The van der Waals surface area contributed by atoms with E-state index >= 15 is 0 Å². The first kappa shape index (κ1) is 15.2. The summed E-state index contributed by atoms with van der Waals surface area (Å²) >= 11 is 5.78. The predicted octanol–water partition coefficient (Wildman–Crippen LogP) is 3.91. The third-order valence-corrected chi connectivity index (χ3v) is 4.94. The van der Waals surface area contributed by atoms with Crippen LogP contribution in [0.4, 0.5) is 0 Å². The molecule has 0 aliphatic carbocycles. The number of halogens is 1. The van der Waals surface area contributed by atoms with E-state index in [9.17, 15) is 8.42 Å². The molecule has 0 saturated carbocycles. The van der Waals surface area contributed by atoms with Crippen molar-refractivity contribution in [3.63, 3.8) is 0 Å². The van der Waals surface area contributed by atoms with Crippen LogP contribution in [-0.4, -0.2) is 13.4 Å². The molecule has 0 radical (unpaired) electrons. The largest absolute Gasteiger partial charge is 0.243 e. The second kappa shape index (κ2) is 6.34. The Morgan fingerprint density at radius 3 is 2.67 bits per heavy atom. The molecule has 0 spiro atoms. The summed E-state index contributed by atoms with van der Waals surface area (Å²) in [5, 5.41) is 0.325. The molecule has 0 aliphatic heterocycles. The van der Waals surface area contributed by atoms with Crippen molar-refractivity contribution < 1.29 is 8.42 Å². The lowest BCUT2D eigenvalue weighted by atomic mass is 10.2. The summed E-state index contributed by atoms with van der Waals surface area (Å²) in [7, 11) is -3.47. The zero-order valence-electron chi connectivity index (χ0n) is 10.7. The van der Waals surface area contributed by atoms with Gasteiger partial charge < -0.3 is 0 Å². The molecule has 0 bridgehead atoms. The van der Waals surface area contributed by atoms with Crippen molar-refractivity contribution in [3.8, 4) is 0 Å². The molecule has 0 N–H and O–H groups in total. The zero-order valence-corrected chi connectivity index (χ0v) is 12.3. The lowest BCUT2D eigenvalue weighted by molar-refractivity contribution is 0.597. The van der Waals surface area contributed by atoms with Crippen molar-refractivity contribution in [2.45, 2.75) is 44.4 Å². The van der Waals surface area contributed by atoms with E-state index < -0.39 is 9.84 Å². The highest BCUT2D eigenvalue weighted by atomic mass is 35.5. The van der Waals surface area contributed by atoms with E-state index in [1.54, 1.807) is 6.92 Å². The molecule has 0 amide bonds. The quantitative estimate of drug-likeness (QED) is 0.589. The van der Waals surface area contributed by atoms with Gasteiger partial charge in [-0.05, 0) is 31.4 Å². The molecular formula is C13H18ClNO2S. The first-order chi connectivity index (χ1) is 8.39. The van der Waals surface area contributed by atoms with Gasteiger partial charge >= 0.3 is 0 Å². The maximum Gasteiger partial charge on any atom is 0.203 e. The maximum absolute atomic E-state index is 12.2. The monoisotopic (exact) mass is 287 g/mol. The first-order valence-corrected chi connectivity index (χ1v) is 7.80. The Balaban J connectivity index is 2.92. The van der Waals surface area contributed by atoms with Crippen LogP contribution >= 0.6 is 11.6 Å². The van der Waals surface area contributed by atoms with E-state index in [4.69, 9.17) is 11.6 Å². The molecular weight excluding hydrogens is 270 g/mol. The predicted molar refractivity (Wildman–Crippen MR) is 74.5 cm³/mol. The number of unbranched alkanes of at least 4 members (excludes halogenated alkanes) is 2. The highest BCUT2D eigenvalue weighted by molar-refractivity contribution is 7.95. The molecule has 1 aromatic heterocycles. The number of rotatable bonds is 6. The van der Waals surface area contributed by atoms with Crippen LogP contribution in [0.15, 0.2) is 28.6 Å². The Bertz CT molecular complexity index is 538. The molecule has 0 unspecified atom stereocenters. The molecule has 0 atom stereocenters. The Kier molecular flexibility index (Phi) is 5.35. The van der Waals surface area contributed by atoms with E-state index in [0.29, 0.717) is 17.1 Å². The summed E-state index contributed by atoms with van der Waals surface area (Å²) in [5.41, 5.74) is 0.652. The van der Waals surface area contributed by atoms with Crippen LogP contribution in [0, 0.1) is 6.92 Å². The van der Waals surface area contributed by atoms with Crippen molar-refractivity contribution in [2.24, 2.45) is 0 Å². The molecule has 0 saturated heterocycles. The molecule has 0 fully saturated rings. The summed E-state index contributed by atoms with van der Waals surface area (Å²) in [6.07, 6.45) is 4.68. The molecule has 1 aromatic rings. The molecule has 3 nitrogen and oxygen atoms in total. The van der Waals surface area contributed by atoms with Crippen LogP contribution in [0.25, 0.3) is 0 Å². The Morgan fingerprint density at radius 1 is 1.44 bits per heavy atom. The maximum atomic E-state index is 12.2. The van der Waals surface area contributed by atoms with E-state index in [-0.39, 0.29) is 9.80 Å². The fourth-order valence-electron chi connectivity index (χ4n) is 1.55. The van der Waals surface area contributed by atoms with Gasteiger partial charge in [-0.1, -0.05) is 37.9 Å². The van der Waals surface area contributed by atoms with Crippen LogP contribution in [-0.2, 0) is 9.84 Å². The number of allylic oxidation sites excluding steroid dienone is 1. The molecule has 0 aromatic carbocycles. The Morgan fingerprint density at radius 2 is 2.11 bits per heavy atom. The number of pyridine rings is 1. The van der Waals surface area contributed by atoms with E-state index in [2.05, 4.69) is 18.5 Å². The van der Waals surface area contributed by atoms with Crippen LogP contribution in [0.1, 0.15) is 38.2 Å². The Hall–Kier alpha value is -0.870. The van der Waals surface area contributed by atoms with Crippen LogP contribution in [0.5, 0.6) is 0 Å². The van der Waals surface area contributed by atoms with Gasteiger partial charge in [0.05, 0.1) is 4.90 Å². The lowest BCUT2D eigenvalue weighted by Gasteiger charge is -2.08. The molecule has 5 heteroatoms. The minimum Gasteiger partial charge on any atom is -0.243 e. The van der Waals surface area contributed by atoms with Crippen LogP contribution in [0.2, 0.25) is 5.15 Å². The van der Waals surface area contributed by atoms with Gasteiger partial charge in [0.25, 0.3) is 0 Å². The summed E-state index contributed by atoms with van der Waals surface area (Å²) < 4.78 is 24.4. The molecule has 0 aliphatic rings. The minimum atomic E-state index is -3.47. The summed E-state index contributed by atoms with van der Waals surface area (Å²) in [6, 6.07) is 1.54. The molecule has 1 rings (SSSR count). The molecule has 18 heavy (non-hydrogen) atoms. The van der Waals surface area contributed by atoms with Gasteiger partial charge in [-0.25, -0.2) is 13.4 Å². The zero-order chi connectivity index (χ0) is 13.8. The third kappa shape index (κ3) is 3.56. The number of aromatic nitrogens is 1. The topological polar surface area (TPSA) is 47.0 Å². The van der Waals surface area contributed by atoms with Gasteiger partial charge in [-0.15, -0.1) is 0 Å². The van der Waals surface area contributed by atoms with Crippen LogP contribution < -0.4 is 0 Å². The number of hydrogen-bond donors (Lipinski definition) is 0. The average Bonchev–Trinajstić information content (AvgIpc) is 2.32. The third-order valence-electron chi connectivity index (χ3n) is 2.74.